The van der Waals surface area contributed by atoms with Gasteiger partial charge in [-0.05, 0) is 38.4 Å². The first-order chi connectivity index (χ1) is 10.8. The summed E-state index contributed by atoms with van der Waals surface area (Å²) in [7, 11) is 0. The molecule has 0 aromatic carbocycles. The second kappa shape index (κ2) is 7.37. The zero-order valence-electron chi connectivity index (χ0n) is 13.9. The standard InChI is InChI=1S/C17H29N3OS/c1-3-20-12-15(11-19-20)16-14(6-5-9-21-16)10-18-13-17(7-8-17)22-4-2/h11-12,14,16,18H,3-10,13H2,1-2H3/t14-,16+/m0/s1. The predicted octanol–water partition coefficient (Wildman–Crippen LogP) is 3.25. The highest BCUT2D eigenvalue weighted by atomic mass is 32.2. The molecule has 1 saturated heterocycles. The highest BCUT2D eigenvalue weighted by Crippen LogP contribution is 2.47. The highest BCUT2D eigenvalue weighted by molar-refractivity contribution is 8.00. The third-order valence-electron chi connectivity index (χ3n) is 4.86. The van der Waals surface area contributed by atoms with E-state index in [0.29, 0.717) is 10.7 Å². The number of rotatable bonds is 8. The minimum absolute atomic E-state index is 0.218. The van der Waals surface area contributed by atoms with Crippen LogP contribution in [0.3, 0.4) is 0 Å². The fraction of sp³-hybridized carbons (Fsp3) is 0.824. The predicted molar refractivity (Wildman–Crippen MR) is 92.3 cm³/mol. The van der Waals surface area contributed by atoms with E-state index in [1.54, 1.807) is 0 Å². The van der Waals surface area contributed by atoms with E-state index in [4.69, 9.17) is 4.74 Å². The number of hydrogen-bond donors (Lipinski definition) is 1. The Morgan fingerprint density at radius 3 is 3.00 bits per heavy atom. The molecule has 0 unspecified atom stereocenters. The third-order valence-corrected chi connectivity index (χ3v) is 6.32. The largest absolute Gasteiger partial charge is 0.373 e. The molecule has 2 fully saturated rings. The van der Waals surface area contributed by atoms with Gasteiger partial charge in [-0.25, -0.2) is 0 Å². The molecule has 0 amide bonds. The molecule has 5 heteroatoms. The molecule has 1 aromatic rings. The lowest BCUT2D eigenvalue weighted by Crippen LogP contribution is -2.35. The minimum Gasteiger partial charge on any atom is -0.373 e. The van der Waals surface area contributed by atoms with Crippen LogP contribution in [0.25, 0.3) is 0 Å². The lowest BCUT2D eigenvalue weighted by atomic mass is 9.91. The summed E-state index contributed by atoms with van der Waals surface area (Å²) < 4.78 is 8.63. The summed E-state index contributed by atoms with van der Waals surface area (Å²) in [5.74, 6) is 1.80. The Morgan fingerprint density at radius 2 is 2.32 bits per heavy atom. The monoisotopic (exact) mass is 323 g/mol. The summed E-state index contributed by atoms with van der Waals surface area (Å²) in [4.78, 5) is 0. The molecule has 4 nitrogen and oxygen atoms in total. The van der Waals surface area contributed by atoms with Crippen molar-refractivity contribution in [3.05, 3.63) is 18.0 Å². The molecule has 1 aliphatic carbocycles. The van der Waals surface area contributed by atoms with Gasteiger partial charge >= 0.3 is 0 Å². The summed E-state index contributed by atoms with van der Waals surface area (Å²) in [5, 5.41) is 8.15. The number of aryl methyl sites for hydroxylation is 1. The Morgan fingerprint density at radius 1 is 1.45 bits per heavy atom. The fourth-order valence-electron chi connectivity index (χ4n) is 3.42. The Balaban J connectivity index is 1.53. The van der Waals surface area contributed by atoms with Crippen LogP contribution in [0.1, 0.15) is 51.2 Å². The zero-order valence-corrected chi connectivity index (χ0v) is 14.7. The SMILES string of the molecule is CCSC1(CNC[C@@H]2CCCO[C@H]2c2cnn(CC)c2)CC1. The van der Waals surface area contributed by atoms with Gasteiger partial charge in [0, 0.05) is 48.7 Å². The third kappa shape index (κ3) is 3.87. The van der Waals surface area contributed by atoms with Crippen molar-refractivity contribution in [1.82, 2.24) is 15.1 Å². The van der Waals surface area contributed by atoms with Crippen molar-refractivity contribution in [3.63, 3.8) is 0 Å². The van der Waals surface area contributed by atoms with Crippen LogP contribution in [0.4, 0.5) is 0 Å². The molecule has 1 aliphatic heterocycles. The summed E-state index contributed by atoms with van der Waals surface area (Å²) in [5.41, 5.74) is 1.25. The Hall–Kier alpha value is -0.520. The Bertz CT molecular complexity index is 472. The molecule has 1 aromatic heterocycles. The van der Waals surface area contributed by atoms with Crippen molar-refractivity contribution in [3.8, 4) is 0 Å². The molecular weight excluding hydrogens is 294 g/mol. The first-order valence-electron chi connectivity index (χ1n) is 8.75. The second-order valence-electron chi connectivity index (χ2n) is 6.57. The van der Waals surface area contributed by atoms with E-state index < -0.39 is 0 Å². The molecule has 124 valence electrons. The topological polar surface area (TPSA) is 39.1 Å². The quantitative estimate of drug-likeness (QED) is 0.797. The molecular formula is C17H29N3OS. The van der Waals surface area contributed by atoms with Crippen molar-refractivity contribution in [2.45, 2.75) is 56.9 Å². The van der Waals surface area contributed by atoms with Crippen LogP contribution >= 0.6 is 11.8 Å². The second-order valence-corrected chi connectivity index (χ2v) is 8.30. The van der Waals surface area contributed by atoms with Gasteiger partial charge < -0.3 is 10.1 Å². The van der Waals surface area contributed by atoms with E-state index >= 15 is 0 Å². The van der Waals surface area contributed by atoms with E-state index in [0.717, 1.165) is 26.2 Å². The number of hydrogen-bond acceptors (Lipinski definition) is 4. The maximum atomic E-state index is 6.08. The molecule has 2 atom stereocenters. The van der Waals surface area contributed by atoms with Gasteiger partial charge in [0.25, 0.3) is 0 Å². The lowest BCUT2D eigenvalue weighted by Gasteiger charge is -2.32. The normalized spacial score (nSPS) is 27.0. The van der Waals surface area contributed by atoms with Crippen molar-refractivity contribution >= 4 is 11.8 Å². The van der Waals surface area contributed by atoms with Crippen molar-refractivity contribution in [2.24, 2.45) is 5.92 Å². The van der Waals surface area contributed by atoms with Crippen LogP contribution < -0.4 is 5.32 Å². The molecule has 22 heavy (non-hydrogen) atoms. The highest BCUT2D eigenvalue weighted by Gasteiger charge is 2.42. The van der Waals surface area contributed by atoms with E-state index in [-0.39, 0.29) is 6.10 Å². The number of thioether (sulfide) groups is 1. The first kappa shape index (κ1) is 16.3. The first-order valence-corrected chi connectivity index (χ1v) is 9.73. The number of nitrogens with one attached hydrogen (secondary N) is 1. The molecule has 0 spiro atoms. The average Bonchev–Trinajstić information content (AvgIpc) is 3.13. The van der Waals surface area contributed by atoms with Gasteiger partial charge in [0.2, 0.25) is 0 Å². The van der Waals surface area contributed by atoms with Crippen molar-refractivity contribution in [1.29, 1.82) is 0 Å². The van der Waals surface area contributed by atoms with Crippen LogP contribution in [0.5, 0.6) is 0 Å². The summed E-state index contributed by atoms with van der Waals surface area (Å²) in [6, 6.07) is 0. The fourth-order valence-corrected chi connectivity index (χ4v) is 4.63. The molecule has 0 bridgehead atoms. The summed E-state index contributed by atoms with van der Waals surface area (Å²) in [6.45, 7) is 8.41. The van der Waals surface area contributed by atoms with Crippen LogP contribution in [0, 0.1) is 5.92 Å². The van der Waals surface area contributed by atoms with Gasteiger partial charge in [0.05, 0.1) is 12.3 Å². The lowest BCUT2D eigenvalue weighted by molar-refractivity contribution is -0.0277. The molecule has 0 radical (unpaired) electrons. The zero-order chi connectivity index (χ0) is 15.4. The van der Waals surface area contributed by atoms with Gasteiger partial charge in [-0.3, -0.25) is 4.68 Å². The summed E-state index contributed by atoms with van der Waals surface area (Å²) >= 11 is 2.13. The smallest absolute Gasteiger partial charge is 0.0895 e. The molecule has 3 rings (SSSR count). The van der Waals surface area contributed by atoms with Gasteiger partial charge in [0.15, 0.2) is 0 Å². The van der Waals surface area contributed by atoms with E-state index in [1.165, 1.54) is 37.0 Å². The molecule has 1 saturated carbocycles. The van der Waals surface area contributed by atoms with Crippen LogP contribution in [0.15, 0.2) is 12.4 Å². The maximum Gasteiger partial charge on any atom is 0.0895 e. The average molecular weight is 324 g/mol. The van der Waals surface area contributed by atoms with Crippen molar-refractivity contribution in [2.75, 3.05) is 25.4 Å². The van der Waals surface area contributed by atoms with Crippen molar-refractivity contribution < 1.29 is 4.74 Å². The Labute approximate surface area is 138 Å². The van der Waals surface area contributed by atoms with Gasteiger partial charge in [-0.1, -0.05) is 6.92 Å². The maximum absolute atomic E-state index is 6.08. The number of ether oxygens (including phenoxy) is 1. The van der Waals surface area contributed by atoms with E-state index in [9.17, 15) is 0 Å². The Kier molecular flexibility index (Phi) is 5.47. The van der Waals surface area contributed by atoms with E-state index in [2.05, 4.69) is 42.2 Å². The van der Waals surface area contributed by atoms with E-state index in [1.807, 2.05) is 10.9 Å². The molecule has 1 N–H and O–H groups in total. The molecule has 2 aliphatic rings. The van der Waals surface area contributed by atoms with Gasteiger partial charge in [-0.15, -0.1) is 0 Å². The van der Waals surface area contributed by atoms with Gasteiger partial charge in [-0.2, -0.15) is 16.9 Å². The minimum atomic E-state index is 0.218. The summed E-state index contributed by atoms with van der Waals surface area (Å²) in [6.07, 6.45) is 9.55. The van der Waals surface area contributed by atoms with Crippen LogP contribution in [0.2, 0.25) is 0 Å². The molecule has 2 heterocycles. The number of nitrogens with zero attached hydrogens (tertiary/aromatic N) is 2. The van der Waals surface area contributed by atoms with Gasteiger partial charge in [0.1, 0.15) is 0 Å². The van der Waals surface area contributed by atoms with Crippen LogP contribution in [-0.4, -0.2) is 40.0 Å². The number of aromatic nitrogens is 2. The van der Waals surface area contributed by atoms with Crippen LogP contribution in [-0.2, 0) is 11.3 Å².